The number of halogens is 1. The van der Waals surface area contributed by atoms with Crippen molar-refractivity contribution in [2.45, 2.75) is 25.8 Å². The SMILES string of the molecule is CCN1CCCC1CN(C)C(=O)c1ccnc(NC)c1F. The predicted molar refractivity (Wildman–Crippen MR) is 81.0 cm³/mol. The monoisotopic (exact) mass is 294 g/mol. The number of rotatable bonds is 5. The van der Waals surface area contributed by atoms with E-state index < -0.39 is 5.82 Å². The normalized spacial score (nSPS) is 18.8. The minimum absolute atomic E-state index is 0.0675. The molecule has 0 saturated carbocycles. The fourth-order valence-electron chi connectivity index (χ4n) is 2.91. The molecule has 2 heterocycles. The van der Waals surface area contributed by atoms with Crippen molar-refractivity contribution in [2.75, 3.05) is 39.0 Å². The number of carbonyl (C=O) groups is 1. The minimum atomic E-state index is -0.587. The molecule has 0 aliphatic carbocycles. The van der Waals surface area contributed by atoms with Gasteiger partial charge in [-0.1, -0.05) is 6.92 Å². The van der Waals surface area contributed by atoms with Gasteiger partial charge in [0, 0.05) is 32.9 Å². The van der Waals surface area contributed by atoms with Gasteiger partial charge >= 0.3 is 0 Å². The lowest BCUT2D eigenvalue weighted by molar-refractivity contribution is 0.0750. The van der Waals surface area contributed by atoms with Gasteiger partial charge < -0.3 is 10.2 Å². The maximum atomic E-state index is 14.2. The van der Waals surface area contributed by atoms with Crippen LogP contribution < -0.4 is 5.32 Å². The van der Waals surface area contributed by atoms with E-state index in [9.17, 15) is 9.18 Å². The minimum Gasteiger partial charge on any atom is -0.371 e. The average molecular weight is 294 g/mol. The van der Waals surface area contributed by atoms with Crippen molar-refractivity contribution in [3.8, 4) is 0 Å². The number of nitrogens with zero attached hydrogens (tertiary/aromatic N) is 3. The average Bonchev–Trinajstić information content (AvgIpc) is 2.94. The van der Waals surface area contributed by atoms with E-state index in [0.717, 1.165) is 25.9 Å². The Morgan fingerprint density at radius 1 is 1.62 bits per heavy atom. The first kappa shape index (κ1) is 15.7. The summed E-state index contributed by atoms with van der Waals surface area (Å²) in [4.78, 5) is 20.3. The molecule has 0 bridgehead atoms. The Bertz CT molecular complexity index is 508. The molecule has 0 radical (unpaired) electrons. The van der Waals surface area contributed by atoms with Gasteiger partial charge in [-0.2, -0.15) is 0 Å². The van der Waals surface area contributed by atoms with Crippen molar-refractivity contribution in [3.05, 3.63) is 23.6 Å². The van der Waals surface area contributed by atoms with Gasteiger partial charge in [-0.05, 0) is 32.0 Å². The summed E-state index contributed by atoms with van der Waals surface area (Å²) >= 11 is 0. The topological polar surface area (TPSA) is 48.5 Å². The summed E-state index contributed by atoms with van der Waals surface area (Å²) in [5.74, 6) is -0.782. The van der Waals surface area contributed by atoms with Gasteiger partial charge in [0.15, 0.2) is 11.6 Å². The molecule has 1 aliphatic rings. The standard InChI is InChI=1S/C15H23FN4O/c1-4-20-9-5-6-11(20)10-19(3)15(21)12-7-8-18-14(17-2)13(12)16/h7-8,11H,4-6,9-10H2,1-3H3,(H,17,18). The third kappa shape index (κ3) is 3.32. The number of carbonyl (C=O) groups excluding carboxylic acids is 1. The molecule has 1 amide bonds. The first-order valence-corrected chi connectivity index (χ1v) is 7.40. The fraction of sp³-hybridized carbons (Fsp3) is 0.600. The van der Waals surface area contributed by atoms with Crippen LogP contribution in [-0.2, 0) is 0 Å². The molecular weight excluding hydrogens is 271 g/mol. The number of pyridine rings is 1. The third-order valence-electron chi connectivity index (χ3n) is 4.09. The Morgan fingerprint density at radius 3 is 3.05 bits per heavy atom. The number of anilines is 1. The Kier molecular flexibility index (Phi) is 5.12. The number of likely N-dealkylation sites (N-methyl/N-ethyl adjacent to an activating group) is 2. The maximum absolute atomic E-state index is 14.2. The van der Waals surface area contributed by atoms with Crippen LogP contribution in [0.15, 0.2) is 12.3 Å². The number of nitrogens with one attached hydrogen (secondary N) is 1. The van der Waals surface area contributed by atoms with Crippen molar-refractivity contribution in [3.63, 3.8) is 0 Å². The van der Waals surface area contributed by atoms with E-state index in [2.05, 4.69) is 22.1 Å². The van der Waals surface area contributed by atoms with Gasteiger partial charge in [0.25, 0.3) is 5.91 Å². The van der Waals surface area contributed by atoms with Gasteiger partial charge in [0.1, 0.15) is 0 Å². The quantitative estimate of drug-likeness (QED) is 0.900. The number of hydrogen-bond acceptors (Lipinski definition) is 4. The molecule has 6 heteroatoms. The van der Waals surface area contributed by atoms with E-state index in [1.54, 1.807) is 19.0 Å². The van der Waals surface area contributed by atoms with E-state index in [-0.39, 0.29) is 17.3 Å². The van der Waals surface area contributed by atoms with E-state index in [4.69, 9.17) is 0 Å². The molecule has 0 aromatic carbocycles. The smallest absolute Gasteiger partial charge is 0.256 e. The molecule has 0 spiro atoms. The second kappa shape index (κ2) is 6.85. The highest BCUT2D eigenvalue weighted by Crippen LogP contribution is 2.20. The molecule has 2 rings (SSSR count). The van der Waals surface area contributed by atoms with Crippen LogP contribution in [0.25, 0.3) is 0 Å². The van der Waals surface area contributed by atoms with Crippen molar-refractivity contribution < 1.29 is 9.18 Å². The van der Waals surface area contributed by atoms with Crippen LogP contribution >= 0.6 is 0 Å². The summed E-state index contributed by atoms with van der Waals surface area (Å²) in [6.45, 7) is 4.82. The Hall–Kier alpha value is -1.69. The van der Waals surface area contributed by atoms with Crippen molar-refractivity contribution in [1.82, 2.24) is 14.8 Å². The molecule has 21 heavy (non-hydrogen) atoms. The molecule has 1 atom stereocenters. The van der Waals surface area contributed by atoms with Crippen LogP contribution in [0.4, 0.5) is 10.2 Å². The Balaban J connectivity index is 2.09. The van der Waals surface area contributed by atoms with Crippen LogP contribution in [0.2, 0.25) is 0 Å². The highest BCUT2D eigenvalue weighted by molar-refractivity contribution is 5.95. The molecule has 1 aromatic rings. The third-order valence-corrected chi connectivity index (χ3v) is 4.09. The van der Waals surface area contributed by atoms with Crippen molar-refractivity contribution >= 4 is 11.7 Å². The molecular formula is C15H23FN4O. The second-order valence-corrected chi connectivity index (χ2v) is 5.38. The predicted octanol–water partition coefficient (Wildman–Crippen LogP) is 1.82. The molecule has 1 saturated heterocycles. The zero-order valence-electron chi connectivity index (χ0n) is 12.9. The van der Waals surface area contributed by atoms with Crippen LogP contribution in [0.3, 0.4) is 0 Å². The van der Waals surface area contributed by atoms with Crippen molar-refractivity contribution in [2.24, 2.45) is 0 Å². The van der Waals surface area contributed by atoms with Crippen LogP contribution in [0.5, 0.6) is 0 Å². The van der Waals surface area contributed by atoms with Crippen LogP contribution in [0.1, 0.15) is 30.1 Å². The lowest BCUT2D eigenvalue weighted by Gasteiger charge is -2.28. The van der Waals surface area contributed by atoms with E-state index in [0.29, 0.717) is 12.6 Å². The molecule has 1 fully saturated rings. The summed E-state index contributed by atoms with van der Waals surface area (Å²) in [6, 6.07) is 1.80. The Morgan fingerprint density at radius 2 is 2.38 bits per heavy atom. The number of hydrogen-bond donors (Lipinski definition) is 1. The van der Waals surface area contributed by atoms with E-state index in [1.807, 2.05) is 0 Å². The van der Waals surface area contributed by atoms with Gasteiger partial charge in [-0.15, -0.1) is 0 Å². The van der Waals surface area contributed by atoms with Crippen LogP contribution in [0, 0.1) is 5.82 Å². The largest absolute Gasteiger partial charge is 0.371 e. The van der Waals surface area contributed by atoms with Crippen molar-refractivity contribution in [1.29, 1.82) is 0 Å². The maximum Gasteiger partial charge on any atom is 0.256 e. The summed E-state index contributed by atoms with van der Waals surface area (Å²) in [5, 5.41) is 2.65. The number of aromatic nitrogens is 1. The highest BCUT2D eigenvalue weighted by Gasteiger charge is 2.27. The number of amides is 1. The molecule has 116 valence electrons. The molecule has 1 aromatic heterocycles. The zero-order chi connectivity index (χ0) is 15.4. The van der Waals surface area contributed by atoms with Gasteiger partial charge in [-0.3, -0.25) is 9.69 Å². The zero-order valence-corrected chi connectivity index (χ0v) is 12.9. The van der Waals surface area contributed by atoms with Crippen LogP contribution in [-0.4, -0.2) is 60.5 Å². The molecule has 5 nitrogen and oxygen atoms in total. The highest BCUT2D eigenvalue weighted by atomic mass is 19.1. The molecule has 1 N–H and O–H groups in total. The number of likely N-dealkylation sites (tertiary alicyclic amines) is 1. The van der Waals surface area contributed by atoms with Gasteiger partial charge in [-0.25, -0.2) is 9.37 Å². The van der Waals surface area contributed by atoms with E-state index >= 15 is 0 Å². The fourth-order valence-corrected chi connectivity index (χ4v) is 2.91. The summed E-state index contributed by atoms with van der Waals surface area (Å²) in [5.41, 5.74) is 0.0675. The second-order valence-electron chi connectivity index (χ2n) is 5.38. The summed E-state index contributed by atoms with van der Waals surface area (Å²) in [6.07, 6.45) is 3.70. The summed E-state index contributed by atoms with van der Waals surface area (Å²) in [7, 11) is 3.31. The molecule has 1 unspecified atom stereocenters. The van der Waals surface area contributed by atoms with Gasteiger partial charge in [0.2, 0.25) is 0 Å². The van der Waals surface area contributed by atoms with Gasteiger partial charge in [0.05, 0.1) is 5.56 Å². The molecule has 1 aliphatic heterocycles. The lowest BCUT2D eigenvalue weighted by Crippen LogP contribution is -2.41. The Labute approximate surface area is 125 Å². The van der Waals surface area contributed by atoms with E-state index in [1.165, 1.54) is 12.3 Å². The lowest BCUT2D eigenvalue weighted by atomic mass is 10.1. The first-order valence-electron chi connectivity index (χ1n) is 7.40. The summed E-state index contributed by atoms with van der Waals surface area (Å²) < 4.78 is 14.2. The first-order chi connectivity index (χ1) is 10.1.